The van der Waals surface area contributed by atoms with Crippen LogP contribution < -0.4 is 5.32 Å². The van der Waals surface area contributed by atoms with Gasteiger partial charge in [-0.15, -0.1) is 0 Å². The Morgan fingerprint density at radius 2 is 1.60 bits per heavy atom. The monoisotopic (exact) mass is 202 g/mol. The molecule has 1 N–H and O–H groups in total. The minimum Gasteiger partial charge on any atom is -0.367 e. The standard InChI is InChI=1S/C11H10N2O2/c14-10-6-7-11(15)13(10)8-12-9-4-2-1-3-5-9/h1-7,12H,8H2. The van der Waals surface area contributed by atoms with Crippen LogP contribution in [0.5, 0.6) is 0 Å². The summed E-state index contributed by atoms with van der Waals surface area (Å²) in [5.41, 5.74) is 0.880. The van der Waals surface area contributed by atoms with Gasteiger partial charge in [-0.1, -0.05) is 18.2 Å². The molecule has 2 rings (SSSR count). The molecule has 1 aromatic carbocycles. The topological polar surface area (TPSA) is 49.4 Å². The van der Waals surface area contributed by atoms with Crippen molar-refractivity contribution in [1.29, 1.82) is 0 Å². The lowest BCUT2D eigenvalue weighted by molar-refractivity contribution is -0.136. The van der Waals surface area contributed by atoms with Gasteiger partial charge in [-0.2, -0.15) is 0 Å². The Morgan fingerprint density at radius 3 is 2.20 bits per heavy atom. The van der Waals surface area contributed by atoms with Crippen LogP contribution in [0.4, 0.5) is 5.69 Å². The fourth-order valence-electron chi connectivity index (χ4n) is 1.31. The molecule has 1 aliphatic heterocycles. The summed E-state index contributed by atoms with van der Waals surface area (Å²) in [6.07, 6.45) is 2.55. The van der Waals surface area contributed by atoms with Crippen LogP contribution in [0.1, 0.15) is 0 Å². The minimum atomic E-state index is -0.275. The fourth-order valence-corrected chi connectivity index (χ4v) is 1.31. The van der Waals surface area contributed by atoms with Crippen molar-refractivity contribution in [2.24, 2.45) is 0 Å². The Hall–Kier alpha value is -2.10. The van der Waals surface area contributed by atoms with Crippen molar-refractivity contribution >= 4 is 17.5 Å². The molecule has 0 saturated carbocycles. The highest BCUT2D eigenvalue weighted by atomic mass is 16.2. The third-order valence-corrected chi connectivity index (χ3v) is 2.12. The van der Waals surface area contributed by atoms with Crippen molar-refractivity contribution in [1.82, 2.24) is 4.90 Å². The molecule has 4 heteroatoms. The van der Waals surface area contributed by atoms with Crippen LogP contribution in [0.15, 0.2) is 42.5 Å². The number of imide groups is 1. The van der Waals surface area contributed by atoms with Gasteiger partial charge >= 0.3 is 0 Å². The fraction of sp³-hybridized carbons (Fsp3) is 0.0909. The molecule has 0 fully saturated rings. The van der Waals surface area contributed by atoms with Crippen LogP contribution in [0.2, 0.25) is 0 Å². The number of para-hydroxylation sites is 1. The second-order valence-corrected chi connectivity index (χ2v) is 3.14. The van der Waals surface area contributed by atoms with E-state index >= 15 is 0 Å². The predicted molar refractivity (Wildman–Crippen MR) is 55.9 cm³/mol. The zero-order valence-corrected chi connectivity index (χ0v) is 8.01. The molecule has 2 amide bonds. The van der Waals surface area contributed by atoms with Gasteiger partial charge in [0.2, 0.25) is 0 Å². The number of rotatable bonds is 3. The lowest BCUT2D eigenvalue weighted by Gasteiger charge is -2.15. The minimum absolute atomic E-state index is 0.203. The number of carbonyl (C=O) groups is 2. The normalized spacial score (nSPS) is 14.8. The number of amides is 2. The first-order chi connectivity index (χ1) is 7.27. The number of hydrogen-bond donors (Lipinski definition) is 1. The van der Waals surface area contributed by atoms with Crippen LogP contribution in [-0.2, 0) is 9.59 Å². The summed E-state index contributed by atoms with van der Waals surface area (Å²) in [6, 6.07) is 9.41. The Kier molecular flexibility index (Phi) is 2.49. The van der Waals surface area contributed by atoms with E-state index in [-0.39, 0.29) is 18.5 Å². The maximum absolute atomic E-state index is 11.2. The molecule has 15 heavy (non-hydrogen) atoms. The zero-order valence-electron chi connectivity index (χ0n) is 8.01. The molecule has 1 heterocycles. The van der Waals surface area contributed by atoms with E-state index in [2.05, 4.69) is 5.32 Å². The average molecular weight is 202 g/mol. The Morgan fingerprint density at radius 1 is 1.00 bits per heavy atom. The molecular formula is C11H10N2O2. The van der Waals surface area contributed by atoms with Gasteiger partial charge in [0.05, 0.1) is 6.67 Å². The van der Waals surface area contributed by atoms with Gasteiger partial charge in [-0.3, -0.25) is 14.5 Å². The van der Waals surface area contributed by atoms with Crippen LogP contribution in [0, 0.1) is 0 Å². The molecule has 0 radical (unpaired) electrons. The maximum atomic E-state index is 11.2. The van der Waals surface area contributed by atoms with Gasteiger partial charge in [0, 0.05) is 17.8 Å². The Bertz CT molecular complexity index is 394. The molecule has 0 saturated heterocycles. The van der Waals surface area contributed by atoms with Crippen molar-refractivity contribution in [2.45, 2.75) is 0 Å². The SMILES string of the molecule is O=C1C=CC(=O)N1CNc1ccccc1. The molecule has 0 aromatic heterocycles. The molecule has 0 aliphatic carbocycles. The van der Waals surface area contributed by atoms with Crippen molar-refractivity contribution in [3.8, 4) is 0 Å². The smallest absolute Gasteiger partial charge is 0.255 e. The van der Waals surface area contributed by atoms with E-state index in [0.29, 0.717) is 0 Å². The summed E-state index contributed by atoms with van der Waals surface area (Å²) < 4.78 is 0. The molecule has 0 bridgehead atoms. The molecular weight excluding hydrogens is 192 g/mol. The van der Waals surface area contributed by atoms with Crippen molar-refractivity contribution in [3.05, 3.63) is 42.5 Å². The van der Waals surface area contributed by atoms with Crippen molar-refractivity contribution < 1.29 is 9.59 Å². The number of carbonyl (C=O) groups excluding carboxylic acids is 2. The van der Waals surface area contributed by atoms with E-state index in [0.717, 1.165) is 10.6 Å². The first kappa shape index (κ1) is 9.45. The van der Waals surface area contributed by atoms with Gasteiger partial charge in [0.25, 0.3) is 11.8 Å². The second kappa shape index (κ2) is 3.96. The molecule has 1 aromatic rings. The Labute approximate surface area is 87.2 Å². The van der Waals surface area contributed by atoms with E-state index in [1.54, 1.807) is 0 Å². The van der Waals surface area contributed by atoms with Crippen LogP contribution in [0.3, 0.4) is 0 Å². The lowest BCUT2D eigenvalue weighted by atomic mass is 10.3. The number of nitrogens with zero attached hydrogens (tertiary/aromatic N) is 1. The molecule has 4 nitrogen and oxygen atoms in total. The van der Waals surface area contributed by atoms with E-state index in [4.69, 9.17) is 0 Å². The number of hydrogen-bond acceptors (Lipinski definition) is 3. The van der Waals surface area contributed by atoms with E-state index in [9.17, 15) is 9.59 Å². The average Bonchev–Trinajstić information content (AvgIpc) is 2.58. The summed E-state index contributed by atoms with van der Waals surface area (Å²) in [7, 11) is 0. The maximum Gasteiger partial charge on any atom is 0.255 e. The predicted octanol–water partition coefficient (Wildman–Crippen LogP) is 0.981. The summed E-state index contributed by atoms with van der Waals surface area (Å²) in [4.78, 5) is 23.5. The lowest BCUT2D eigenvalue weighted by Crippen LogP contribution is -2.34. The van der Waals surface area contributed by atoms with Crippen LogP contribution in [0.25, 0.3) is 0 Å². The van der Waals surface area contributed by atoms with Gasteiger partial charge in [0.15, 0.2) is 0 Å². The van der Waals surface area contributed by atoms with Crippen LogP contribution in [-0.4, -0.2) is 23.4 Å². The van der Waals surface area contributed by atoms with Gasteiger partial charge in [-0.25, -0.2) is 0 Å². The van der Waals surface area contributed by atoms with Gasteiger partial charge in [0.1, 0.15) is 0 Å². The second-order valence-electron chi connectivity index (χ2n) is 3.14. The summed E-state index contributed by atoms with van der Waals surface area (Å²) in [6.45, 7) is 0.203. The Balaban J connectivity index is 1.95. The molecule has 0 atom stereocenters. The summed E-state index contributed by atoms with van der Waals surface area (Å²) in [5, 5.41) is 2.99. The quantitative estimate of drug-likeness (QED) is 0.743. The first-order valence-corrected chi connectivity index (χ1v) is 4.60. The number of anilines is 1. The third-order valence-electron chi connectivity index (χ3n) is 2.12. The highest BCUT2D eigenvalue weighted by molar-refractivity contribution is 6.12. The van der Waals surface area contributed by atoms with E-state index < -0.39 is 0 Å². The van der Waals surface area contributed by atoms with E-state index in [1.165, 1.54) is 12.2 Å². The number of nitrogens with one attached hydrogen (secondary N) is 1. The highest BCUT2D eigenvalue weighted by Crippen LogP contribution is 2.07. The van der Waals surface area contributed by atoms with E-state index in [1.807, 2.05) is 30.3 Å². The largest absolute Gasteiger partial charge is 0.367 e. The van der Waals surface area contributed by atoms with Gasteiger partial charge in [-0.05, 0) is 12.1 Å². The number of benzene rings is 1. The summed E-state index contributed by atoms with van der Waals surface area (Å²) >= 11 is 0. The molecule has 0 spiro atoms. The molecule has 0 unspecified atom stereocenters. The zero-order chi connectivity index (χ0) is 10.7. The third kappa shape index (κ3) is 2.04. The van der Waals surface area contributed by atoms with Crippen molar-refractivity contribution in [3.63, 3.8) is 0 Å². The van der Waals surface area contributed by atoms with Gasteiger partial charge < -0.3 is 5.32 Å². The van der Waals surface area contributed by atoms with Crippen LogP contribution >= 0.6 is 0 Å². The first-order valence-electron chi connectivity index (χ1n) is 4.60. The van der Waals surface area contributed by atoms with Crippen molar-refractivity contribution in [2.75, 3.05) is 12.0 Å². The summed E-state index contributed by atoms with van der Waals surface area (Å²) in [5.74, 6) is -0.549. The molecule has 1 aliphatic rings. The molecule has 76 valence electrons. The highest BCUT2D eigenvalue weighted by Gasteiger charge is 2.22.